The fourth-order valence-electron chi connectivity index (χ4n) is 4.28. The Balaban J connectivity index is 6.12. The predicted octanol–water partition coefficient (Wildman–Crippen LogP) is 4.02. The van der Waals surface area contributed by atoms with E-state index in [0.29, 0.717) is 0 Å². The van der Waals surface area contributed by atoms with Crippen molar-refractivity contribution in [3.63, 3.8) is 0 Å². The van der Waals surface area contributed by atoms with Crippen LogP contribution in [0.4, 0.5) is 0 Å². The van der Waals surface area contributed by atoms with E-state index in [1.54, 1.807) is 83.1 Å². The predicted molar refractivity (Wildman–Crippen MR) is 189 cm³/mol. The van der Waals surface area contributed by atoms with E-state index in [9.17, 15) is 38.4 Å². The van der Waals surface area contributed by atoms with E-state index in [4.69, 9.17) is 0 Å². The van der Waals surface area contributed by atoms with Gasteiger partial charge in [0.15, 0.2) is 0 Å². The summed E-state index contributed by atoms with van der Waals surface area (Å²) in [5.74, 6) is -2.02. The van der Waals surface area contributed by atoms with E-state index >= 15 is 0 Å². The maximum atomic E-state index is 12.9. The number of carbonyl (C=O) groups excluding carboxylic acids is 8. The highest BCUT2D eigenvalue weighted by Crippen LogP contribution is 2.21. The zero-order valence-electron chi connectivity index (χ0n) is 32.3. The van der Waals surface area contributed by atoms with Crippen molar-refractivity contribution < 1.29 is 38.4 Å². The average molecular weight is 693 g/mol. The Morgan fingerprint density at radius 2 is 0.469 bits per heavy atom. The Labute approximate surface area is 293 Å². The topological polar surface area (TPSA) is 185 Å². The first-order valence-corrected chi connectivity index (χ1v) is 17.3. The molecule has 0 atom stereocenters. The van der Waals surface area contributed by atoms with Crippen molar-refractivity contribution in [2.24, 2.45) is 27.1 Å². The molecule has 0 bridgehead atoms. The smallest absolute Gasteiger partial charge is 0.220 e. The molecule has 12 heteroatoms. The third-order valence-corrected chi connectivity index (χ3v) is 8.30. The number of carbonyl (C=O) groups is 8. The molecule has 0 aromatic heterocycles. The van der Waals surface area contributed by atoms with Crippen LogP contribution in [0.5, 0.6) is 0 Å². The van der Waals surface area contributed by atoms with Crippen LogP contribution in [0.3, 0.4) is 0 Å². The molecule has 0 radical (unpaired) electrons. The zero-order chi connectivity index (χ0) is 38.4. The molecule has 0 aliphatic rings. The lowest BCUT2D eigenvalue weighted by molar-refractivity contribution is -0.130. The highest BCUT2D eigenvalue weighted by atomic mass is 16.2. The number of nitrogens with one attached hydrogen (secondary N) is 4. The maximum Gasteiger partial charge on any atom is 0.220 e. The first-order chi connectivity index (χ1) is 22.1. The molecule has 49 heavy (non-hydrogen) atoms. The average Bonchev–Trinajstić information content (AvgIpc) is 2.96. The summed E-state index contributed by atoms with van der Waals surface area (Å²) >= 11 is 0. The molecule has 0 aliphatic heterocycles. The summed E-state index contributed by atoms with van der Waals surface area (Å²) in [4.78, 5) is 101. The molecule has 0 heterocycles. The second kappa shape index (κ2) is 19.1. The highest BCUT2D eigenvalue weighted by molar-refractivity contribution is 5.90. The summed E-state index contributed by atoms with van der Waals surface area (Å²) in [6.45, 7) is 20.8. The molecule has 0 aliphatic carbocycles. The first kappa shape index (κ1) is 45.6. The molecule has 0 saturated carbocycles. The van der Waals surface area contributed by atoms with E-state index in [1.165, 1.54) is 0 Å². The molecule has 0 spiro atoms. The Bertz CT molecular complexity index is 1020. The minimum Gasteiger partial charge on any atom is -0.355 e. The maximum absolute atomic E-state index is 12.9. The quantitative estimate of drug-likeness (QED) is 0.147. The van der Waals surface area contributed by atoms with Gasteiger partial charge in [0.05, 0.1) is 0 Å². The van der Waals surface area contributed by atoms with Crippen LogP contribution in [0.25, 0.3) is 0 Å². The van der Waals surface area contributed by atoms with Gasteiger partial charge in [-0.1, -0.05) is 83.1 Å². The van der Waals surface area contributed by atoms with Crippen LogP contribution in [0.15, 0.2) is 0 Å². The number of rotatable bonds is 20. The zero-order valence-corrected chi connectivity index (χ0v) is 32.3. The van der Waals surface area contributed by atoms with Crippen molar-refractivity contribution >= 4 is 46.8 Å². The number of Topliss-reactive ketones (excluding diaryl/α,β-unsaturated/α-hetero) is 4. The molecule has 4 amide bonds. The van der Waals surface area contributed by atoms with E-state index in [0.717, 1.165) is 0 Å². The lowest BCUT2D eigenvalue weighted by Gasteiger charge is -2.35. The number of hydrogen-bond donors (Lipinski definition) is 4. The summed E-state index contributed by atoms with van der Waals surface area (Å²) in [5.41, 5.74) is -3.60. The molecule has 0 aromatic carbocycles. The van der Waals surface area contributed by atoms with E-state index < -0.39 is 50.7 Å². The third-order valence-electron chi connectivity index (χ3n) is 8.30. The normalized spacial score (nSPS) is 12.5. The van der Waals surface area contributed by atoms with Gasteiger partial charge in [-0.3, -0.25) is 38.4 Å². The molecular formula is C37H64N4O8. The van der Waals surface area contributed by atoms with Gasteiger partial charge in [0.25, 0.3) is 0 Å². The second-order valence-corrected chi connectivity index (χ2v) is 17.3. The molecule has 12 nitrogen and oxygen atoms in total. The monoisotopic (exact) mass is 692 g/mol. The van der Waals surface area contributed by atoms with Gasteiger partial charge < -0.3 is 21.3 Å². The molecule has 0 saturated heterocycles. The molecule has 0 fully saturated rings. The van der Waals surface area contributed by atoms with Gasteiger partial charge in [-0.15, -0.1) is 0 Å². The lowest BCUT2D eigenvalue weighted by Crippen LogP contribution is -2.57. The molecule has 0 unspecified atom stereocenters. The number of amides is 4. The van der Waals surface area contributed by atoms with Crippen LogP contribution < -0.4 is 21.3 Å². The van der Waals surface area contributed by atoms with Gasteiger partial charge in [-0.25, -0.2) is 0 Å². The van der Waals surface area contributed by atoms with Crippen LogP contribution in [0, 0.1) is 27.1 Å². The fraction of sp³-hybridized carbons (Fsp3) is 0.784. The van der Waals surface area contributed by atoms with Crippen LogP contribution >= 0.6 is 0 Å². The van der Waals surface area contributed by atoms with Crippen molar-refractivity contribution in [3.05, 3.63) is 0 Å². The third kappa shape index (κ3) is 19.4. The summed E-state index contributed by atoms with van der Waals surface area (Å²) in [6, 6.07) is 0. The van der Waals surface area contributed by atoms with Crippen LogP contribution in [-0.4, -0.2) is 72.9 Å². The van der Waals surface area contributed by atoms with Crippen molar-refractivity contribution in [2.75, 3.05) is 26.2 Å². The van der Waals surface area contributed by atoms with Crippen LogP contribution in [-0.2, 0) is 38.4 Å². The van der Waals surface area contributed by atoms with Crippen molar-refractivity contribution in [2.45, 2.75) is 134 Å². The van der Waals surface area contributed by atoms with E-state index in [1.807, 2.05) is 0 Å². The van der Waals surface area contributed by atoms with Crippen molar-refractivity contribution in [3.8, 4) is 0 Å². The summed E-state index contributed by atoms with van der Waals surface area (Å²) in [6.07, 6.45) is -0.191. The van der Waals surface area contributed by atoms with Crippen molar-refractivity contribution in [1.82, 2.24) is 21.3 Å². The molecule has 0 aromatic rings. The molecule has 280 valence electrons. The molecule has 0 rings (SSSR count). The fourth-order valence-corrected chi connectivity index (χ4v) is 4.28. The standard InChI is InChI=1S/C37H64N4O8/c1-33(2,3)25(42)13-17-29(46)38-21-37(22-39-30(47)18-14-26(43)34(4,5)6,23-40-31(48)19-15-27(44)35(7,8)9)24-41-32(49)20-16-28(45)36(10,11)12/h13-24H2,1-12H3,(H,38,46)(H,39,47)(H,40,48)(H,41,49). The van der Waals surface area contributed by atoms with Gasteiger partial charge in [0.1, 0.15) is 23.1 Å². The summed E-state index contributed by atoms with van der Waals surface area (Å²) < 4.78 is 0. The second-order valence-electron chi connectivity index (χ2n) is 17.3. The van der Waals surface area contributed by atoms with Crippen molar-refractivity contribution in [1.29, 1.82) is 0 Å². The van der Waals surface area contributed by atoms with Crippen LogP contribution in [0.2, 0.25) is 0 Å². The van der Waals surface area contributed by atoms with E-state index in [-0.39, 0.29) is 101 Å². The summed E-state index contributed by atoms with van der Waals surface area (Å²) in [5, 5.41) is 11.2. The van der Waals surface area contributed by atoms with E-state index in [2.05, 4.69) is 21.3 Å². The minimum absolute atomic E-state index is 0.0258. The largest absolute Gasteiger partial charge is 0.355 e. The van der Waals surface area contributed by atoms with Gasteiger partial charge in [-0.2, -0.15) is 0 Å². The minimum atomic E-state index is -1.15. The number of ketones is 4. The number of hydrogen-bond acceptors (Lipinski definition) is 8. The lowest BCUT2D eigenvalue weighted by atomic mass is 9.85. The SMILES string of the molecule is CC(C)(C)C(=O)CCC(=O)NCC(CNC(=O)CCC(=O)C(C)(C)C)(CNC(=O)CCC(=O)C(C)(C)C)CNC(=O)CCC(=O)C(C)(C)C. The Hall–Kier alpha value is -3.44. The molecular weight excluding hydrogens is 628 g/mol. The van der Waals surface area contributed by atoms with Gasteiger partial charge in [-0.05, 0) is 0 Å². The Morgan fingerprint density at radius 1 is 0.306 bits per heavy atom. The Morgan fingerprint density at radius 3 is 0.612 bits per heavy atom. The highest BCUT2D eigenvalue weighted by Gasteiger charge is 2.34. The van der Waals surface area contributed by atoms with Gasteiger partial charge in [0.2, 0.25) is 23.6 Å². The first-order valence-electron chi connectivity index (χ1n) is 17.3. The molecule has 4 N–H and O–H groups in total. The van der Waals surface area contributed by atoms with Crippen LogP contribution in [0.1, 0.15) is 134 Å². The van der Waals surface area contributed by atoms with Gasteiger partial charge >= 0.3 is 0 Å². The summed E-state index contributed by atoms with van der Waals surface area (Å²) in [7, 11) is 0. The Kier molecular flexibility index (Phi) is 17.7. The van der Waals surface area contributed by atoms with Gasteiger partial charge in [0, 0.05) is 105 Å².